The Morgan fingerprint density at radius 1 is 1.32 bits per heavy atom. The standard InChI is InChI=1S/C15H23NO3/c1-18-13-5-2-3-6-14(13)19-10-8-15(12-17)7-4-9-16-11-15/h2-3,5-6,16-17H,4,7-12H2,1H3. The number of aliphatic hydroxyl groups excluding tert-OH is 1. The first-order chi connectivity index (χ1) is 9.29. The summed E-state index contributed by atoms with van der Waals surface area (Å²) in [5.41, 5.74) is -0.0275. The van der Waals surface area contributed by atoms with Gasteiger partial charge in [-0.05, 0) is 37.9 Å². The van der Waals surface area contributed by atoms with Crippen LogP contribution in [0, 0.1) is 5.41 Å². The fraction of sp³-hybridized carbons (Fsp3) is 0.600. The zero-order valence-electron chi connectivity index (χ0n) is 11.5. The third-order valence-electron chi connectivity index (χ3n) is 3.86. The number of methoxy groups -OCH3 is 1. The maximum atomic E-state index is 9.62. The van der Waals surface area contributed by atoms with Crippen LogP contribution in [0.3, 0.4) is 0 Å². The Morgan fingerprint density at radius 3 is 2.74 bits per heavy atom. The molecule has 19 heavy (non-hydrogen) atoms. The highest BCUT2D eigenvalue weighted by molar-refractivity contribution is 5.39. The van der Waals surface area contributed by atoms with Gasteiger partial charge in [0.1, 0.15) is 0 Å². The van der Waals surface area contributed by atoms with Crippen molar-refractivity contribution in [2.45, 2.75) is 19.3 Å². The minimum atomic E-state index is -0.0275. The van der Waals surface area contributed by atoms with Gasteiger partial charge in [0, 0.05) is 12.0 Å². The van der Waals surface area contributed by atoms with Gasteiger partial charge in [-0.25, -0.2) is 0 Å². The van der Waals surface area contributed by atoms with Crippen LogP contribution in [0.1, 0.15) is 19.3 Å². The van der Waals surface area contributed by atoms with Crippen molar-refractivity contribution in [2.75, 3.05) is 33.4 Å². The molecule has 0 amide bonds. The number of rotatable bonds is 6. The fourth-order valence-corrected chi connectivity index (χ4v) is 2.57. The number of aliphatic hydroxyl groups is 1. The monoisotopic (exact) mass is 265 g/mol. The first kappa shape index (κ1) is 14.2. The molecule has 1 unspecified atom stereocenters. The van der Waals surface area contributed by atoms with E-state index < -0.39 is 0 Å². The average molecular weight is 265 g/mol. The van der Waals surface area contributed by atoms with Crippen molar-refractivity contribution in [1.82, 2.24) is 5.32 Å². The smallest absolute Gasteiger partial charge is 0.161 e. The van der Waals surface area contributed by atoms with Crippen LogP contribution >= 0.6 is 0 Å². The lowest BCUT2D eigenvalue weighted by Gasteiger charge is -2.36. The molecule has 1 aromatic carbocycles. The Bertz CT molecular complexity index is 389. The first-order valence-electron chi connectivity index (χ1n) is 6.87. The molecule has 2 rings (SSSR count). The van der Waals surface area contributed by atoms with Gasteiger partial charge in [-0.15, -0.1) is 0 Å². The molecular weight excluding hydrogens is 242 g/mol. The lowest BCUT2D eigenvalue weighted by Crippen LogP contribution is -2.43. The molecule has 0 radical (unpaired) electrons. The Labute approximate surface area is 114 Å². The minimum absolute atomic E-state index is 0.0275. The van der Waals surface area contributed by atoms with Crippen molar-refractivity contribution in [1.29, 1.82) is 0 Å². The molecule has 1 aromatic rings. The molecule has 1 aliphatic rings. The number of piperidine rings is 1. The van der Waals surface area contributed by atoms with Gasteiger partial charge in [-0.2, -0.15) is 0 Å². The van der Waals surface area contributed by atoms with E-state index in [1.54, 1.807) is 7.11 Å². The van der Waals surface area contributed by atoms with Gasteiger partial charge >= 0.3 is 0 Å². The Morgan fingerprint density at radius 2 is 2.11 bits per heavy atom. The maximum Gasteiger partial charge on any atom is 0.161 e. The van der Waals surface area contributed by atoms with Crippen LogP contribution in [0.5, 0.6) is 11.5 Å². The molecule has 0 saturated carbocycles. The van der Waals surface area contributed by atoms with Crippen molar-refractivity contribution < 1.29 is 14.6 Å². The molecule has 1 saturated heterocycles. The molecule has 106 valence electrons. The lowest BCUT2D eigenvalue weighted by atomic mass is 9.79. The Balaban J connectivity index is 1.88. The molecule has 2 N–H and O–H groups in total. The molecule has 0 spiro atoms. The van der Waals surface area contributed by atoms with Gasteiger partial charge in [0.25, 0.3) is 0 Å². The fourth-order valence-electron chi connectivity index (χ4n) is 2.57. The summed E-state index contributed by atoms with van der Waals surface area (Å²) in [7, 11) is 1.64. The van der Waals surface area contributed by atoms with Gasteiger partial charge < -0.3 is 19.9 Å². The maximum absolute atomic E-state index is 9.62. The zero-order valence-corrected chi connectivity index (χ0v) is 11.5. The SMILES string of the molecule is COc1ccccc1OCCC1(CO)CCCNC1. The van der Waals surface area contributed by atoms with Gasteiger partial charge in [-0.3, -0.25) is 0 Å². The number of nitrogens with one attached hydrogen (secondary N) is 1. The Kier molecular flexibility index (Phi) is 5.05. The van der Waals surface area contributed by atoms with E-state index in [9.17, 15) is 5.11 Å². The van der Waals surface area contributed by atoms with Crippen LogP contribution in [0.15, 0.2) is 24.3 Å². The molecular formula is C15H23NO3. The van der Waals surface area contributed by atoms with Gasteiger partial charge in [0.15, 0.2) is 11.5 Å². The highest BCUT2D eigenvalue weighted by atomic mass is 16.5. The molecule has 0 aliphatic carbocycles. The summed E-state index contributed by atoms with van der Waals surface area (Å²) < 4.78 is 11.0. The minimum Gasteiger partial charge on any atom is -0.493 e. The molecule has 1 heterocycles. The highest BCUT2D eigenvalue weighted by Crippen LogP contribution is 2.31. The van der Waals surface area contributed by atoms with Crippen LogP contribution in [0.25, 0.3) is 0 Å². The third kappa shape index (κ3) is 3.61. The van der Waals surface area contributed by atoms with Crippen molar-refractivity contribution in [3.8, 4) is 11.5 Å². The van der Waals surface area contributed by atoms with Gasteiger partial charge in [-0.1, -0.05) is 12.1 Å². The van der Waals surface area contributed by atoms with E-state index in [1.165, 1.54) is 0 Å². The van der Waals surface area contributed by atoms with Crippen LogP contribution in [-0.4, -0.2) is 38.5 Å². The van der Waals surface area contributed by atoms with E-state index in [-0.39, 0.29) is 12.0 Å². The van der Waals surface area contributed by atoms with Crippen LogP contribution in [0.4, 0.5) is 0 Å². The molecule has 0 bridgehead atoms. The second-order valence-electron chi connectivity index (χ2n) is 5.19. The third-order valence-corrected chi connectivity index (χ3v) is 3.86. The van der Waals surface area contributed by atoms with Crippen molar-refractivity contribution in [3.05, 3.63) is 24.3 Å². The van der Waals surface area contributed by atoms with Crippen LogP contribution in [-0.2, 0) is 0 Å². The Hall–Kier alpha value is -1.26. The molecule has 4 nitrogen and oxygen atoms in total. The van der Waals surface area contributed by atoms with Crippen LogP contribution in [0.2, 0.25) is 0 Å². The summed E-state index contributed by atoms with van der Waals surface area (Å²) in [6.07, 6.45) is 3.04. The van der Waals surface area contributed by atoms with E-state index >= 15 is 0 Å². The first-order valence-corrected chi connectivity index (χ1v) is 6.87. The van der Waals surface area contributed by atoms with Crippen molar-refractivity contribution in [3.63, 3.8) is 0 Å². The molecule has 1 fully saturated rings. The van der Waals surface area contributed by atoms with Crippen molar-refractivity contribution >= 4 is 0 Å². The summed E-state index contributed by atoms with van der Waals surface area (Å²) in [6, 6.07) is 7.65. The van der Waals surface area contributed by atoms with E-state index in [0.29, 0.717) is 6.61 Å². The lowest BCUT2D eigenvalue weighted by molar-refractivity contribution is 0.0696. The summed E-state index contributed by atoms with van der Waals surface area (Å²) in [5.74, 6) is 1.52. The van der Waals surface area contributed by atoms with Gasteiger partial charge in [0.05, 0.1) is 20.3 Å². The number of para-hydroxylation sites is 2. The van der Waals surface area contributed by atoms with E-state index in [4.69, 9.17) is 9.47 Å². The molecule has 0 aromatic heterocycles. The zero-order chi connectivity index (χ0) is 13.6. The predicted octanol–water partition coefficient (Wildman–Crippen LogP) is 1.83. The largest absolute Gasteiger partial charge is 0.493 e. The summed E-state index contributed by atoms with van der Waals surface area (Å²) in [6.45, 7) is 2.74. The summed E-state index contributed by atoms with van der Waals surface area (Å²) in [4.78, 5) is 0. The quantitative estimate of drug-likeness (QED) is 0.824. The normalized spacial score (nSPS) is 23.1. The second-order valence-corrected chi connectivity index (χ2v) is 5.19. The number of benzene rings is 1. The topological polar surface area (TPSA) is 50.7 Å². The number of ether oxygens (including phenoxy) is 2. The number of hydrogen-bond acceptors (Lipinski definition) is 4. The van der Waals surface area contributed by atoms with E-state index in [2.05, 4.69) is 5.32 Å². The highest BCUT2D eigenvalue weighted by Gasteiger charge is 2.31. The molecule has 1 aliphatic heterocycles. The van der Waals surface area contributed by atoms with Gasteiger partial charge in [0.2, 0.25) is 0 Å². The number of hydrogen-bond donors (Lipinski definition) is 2. The van der Waals surface area contributed by atoms with E-state index in [0.717, 1.165) is 43.9 Å². The van der Waals surface area contributed by atoms with Crippen LogP contribution < -0.4 is 14.8 Å². The van der Waals surface area contributed by atoms with E-state index in [1.807, 2.05) is 24.3 Å². The predicted molar refractivity (Wildman–Crippen MR) is 74.7 cm³/mol. The average Bonchev–Trinajstić information content (AvgIpc) is 2.49. The summed E-state index contributed by atoms with van der Waals surface area (Å²) in [5, 5.41) is 13.0. The summed E-state index contributed by atoms with van der Waals surface area (Å²) >= 11 is 0. The molecule has 4 heteroatoms. The molecule has 1 atom stereocenters. The second kappa shape index (κ2) is 6.78. The van der Waals surface area contributed by atoms with Crippen molar-refractivity contribution in [2.24, 2.45) is 5.41 Å².